The van der Waals surface area contributed by atoms with Crippen LogP contribution in [-0.4, -0.2) is 17.0 Å². The van der Waals surface area contributed by atoms with Gasteiger partial charge in [-0.3, -0.25) is 0 Å². The van der Waals surface area contributed by atoms with E-state index in [1.165, 1.54) is 5.57 Å². The van der Waals surface area contributed by atoms with Gasteiger partial charge in [-0.2, -0.15) is 5.26 Å². The summed E-state index contributed by atoms with van der Waals surface area (Å²) in [7, 11) is 0. The summed E-state index contributed by atoms with van der Waals surface area (Å²) in [6.45, 7) is 3.09. The summed E-state index contributed by atoms with van der Waals surface area (Å²) in [5.41, 5.74) is 1.16. The van der Waals surface area contributed by atoms with Crippen molar-refractivity contribution < 1.29 is 0 Å². The Morgan fingerprint density at radius 1 is 1.54 bits per heavy atom. The molecule has 2 aliphatic rings. The zero-order valence-corrected chi connectivity index (χ0v) is 7.95. The fraction of sp³-hybridized carbons (Fsp3) is 0.545. The van der Waals surface area contributed by atoms with Gasteiger partial charge in [-0.15, -0.1) is 0 Å². The first-order valence-electron chi connectivity index (χ1n) is 4.80. The molecule has 1 aliphatic carbocycles. The summed E-state index contributed by atoms with van der Waals surface area (Å²) in [5, 5.41) is 9.02. The number of hydrogen-bond acceptors (Lipinski definition) is 2. The van der Waals surface area contributed by atoms with Crippen LogP contribution in [0.1, 0.15) is 26.2 Å². The van der Waals surface area contributed by atoms with Crippen LogP contribution in [0, 0.1) is 11.3 Å². The van der Waals surface area contributed by atoms with Crippen LogP contribution >= 0.6 is 0 Å². The first kappa shape index (κ1) is 8.37. The van der Waals surface area contributed by atoms with Crippen LogP contribution in [0.4, 0.5) is 0 Å². The summed E-state index contributed by atoms with van der Waals surface area (Å²) in [5.74, 6) is 0. The maximum atomic E-state index is 9.02. The SMILES string of the molecule is CC1=CCCN(C2(C#N)CC2)C=C1. The molecule has 0 aromatic heterocycles. The third-order valence-electron chi connectivity index (χ3n) is 2.84. The molecule has 1 aliphatic heterocycles. The molecule has 1 saturated carbocycles. The lowest BCUT2D eigenvalue weighted by Crippen LogP contribution is -2.31. The second kappa shape index (κ2) is 2.92. The Bertz CT molecular complexity index is 303. The molecular formula is C11H14N2. The predicted molar refractivity (Wildman–Crippen MR) is 51.8 cm³/mol. The van der Waals surface area contributed by atoms with Crippen LogP contribution in [0.25, 0.3) is 0 Å². The van der Waals surface area contributed by atoms with E-state index in [4.69, 9.17) is 5.26 Å². The van der Waals surface area contributed by atoms with E-state index in [2.05, 4.69) is 36.2 Å². The molecule has 1 heterocycles. The second-order valence-corrected chi connectivity index (χ2v) is 3.89. The van der Waals surface area contributed by atoms with E-state index in [1.54, 1.807) is 0 Å². The van der Waals surface area contributed by atoms with Gasteiger partial charge in [0.15, 0.2) is 0 Å². The topological polar surface area (TPSA) is 27.0 Å². The highest BCUT2D eigenvalue weighted by Gasteiger charge is 2.47. The summed E-state index contributed by atoms with van der Waals surface area (Å²) >= 11 is 0. The monoisotopic (exact) mass is 174 g/mol. The molecule has 0 atom stereocenters. The van der Waals surface area contributed by atoms with Crippen LogP contribution < -0.4 is 0 Å². The molecule has 0 spiro atoms. The van der Waals surface area contributed by atoms with Gasteiger partial charge in [0.25, 0.3) is 0 Å². The second-order valence-electron chi connectivity index (χ2n) is 3.89. The Hall–Kier alpha value is -1.23. The lowest BCUT2D eigenvalue weighted by atomic mass is 10.2. The van der Waals surface area contributed by atoms with Crippen LogP contribution in [0.15, 0.2) is 23.9 Å². The quantitative estimate of drug-likeness (QED) is 0.609. The number of allylic oxidation sites excluding steroid dienone is 2. The molecule has 0 aromatic rings. The van der Waals surface area contributed by atoms with Gasteiger partial charge in [0.2, 0.25) is 0 Å². The minimum Gasteiger partial charge on any atom is -0.359 e. The van der Waals surface area contributed by atoms with E-state index in [9.17, 15) is 0 Å². The van der Waals surface area contributed by atoms with Gasteiger partial charge in [0, 0.05) is 12.7 Å². The van der Waals surface area contributed by atoms with Crippen LogP contribution in [0.2, 0.25) is 0 Å². The van der Waals surface area contributed by atoms with Gasteiger partial charge in [0.05, 0.1) is 6.07 Å². The summed E-state index contributed by atoms with van der Waals surface area (Å²) in [6, 6.07) is 2.42. The van der Waals surface area contributed by atoms with E-state index in [0.29, 0.717) is 0 Å². The molecule has 0 bridgehead atoms. The highest BCUT2D eigenvalue weighted by molar-refractivity contribution is 5.25. The highest BCUT2D eigenvalue weighted by Crippen LogP contribution is 2.41. The number of hydrogen-bond donors (Lipinski definition) is 0. The summed E-state index contributed by atoms with van der Waals surface area (Å²) < 4.78 is 0. The van der Waals surface area contributed by atoms with E-state index >= 15 is 0 Å². The standard InChI is InChI=1S/C11H14N2/c1-10-3-2-7-13(8-4-10)11(9-12)5-6-11/h3-4,8H,2,5-7H2,1H3. The fourth-order valence-corrected chi connectivity index (χ4v) is 1.72. The smallest absolute Gasteiger partial charge is 0.127 e. The minimum atomic E-state index is -0.144. The maximum absolute atomic E-state index is 9.02. The largest absolute Gasteiger partial charge is 0.359 e. The van der Waals surface area contributed by atoms with Gasteiger partial charge >= 0.3 is 0 Å². The molecule has 1 fully saturated rings. The molecule has 0 N–H and O–H groups in total. The summed E-state index contributed by atoms with van der Waals surface area (Å²) in [6.07, 6.45) is 9.53. The van der Waals surface area contributed by atoms with Crippen molar-refractivity contribution in [2.75, 3.05) is 6.54 Å². The minimum absolute atomic E-state index is 0.144. The Balaban J connectivity index is 2.12. The van der Waals surface area contributed by atoms with Crippen molar-refractivity contribution in [1.82, 2.24) is 4.90 Å². The van der Waals surface area contributed by atoms with Gasteiger partial charge in [-0.25, -0.2) is 0 Å². The zero-order chi connectivity index (χ0) is 9.31. The van der Waals surface area contributed by atoms with Crippen molar-refractivity contribution in [3.05, 3.63) is 23.9 Å². The molecule has 2 heteroatoms. The molecule has 0 radical (unpaired) electrons. The Labute approximate surface area is 79.2 Å². The molecule has 0 aromatic carbocycles. The predicted octanol–water partition coefficient (Wildman–Crippen LogP) is 2.21. The van der Waals surface area contributed by atoms with E-state index in [1.807, 2.05) is 0 Å². The molecule has 0 unspecified atom stereocenters. The number of rotatable bonds is 1. The van der Waals surface area contributed by atoms with Crippen molar-refractivity contribution in [2.45, 2.75) is 31.7 Å². The van der Waals surface area contributed by atoms with Gasteiger partial charge in [-0.05, 0) is 32.3 Å². The van der Waals surface area contributed by atoms with E-state index in [0.717, 1.165) is 25.8 Å². The molecule has 68 valence electrons. The lowest BCUT2D eigenvalue weighted by molar-refractivity contribution is 0.315. The average molecular weight is 174 g/mol. The van der Waals surface area contributed by atoms with Crippen molar-refractivity contribution >= 4 is 0 Å². The van der Waals surface area contributed by atoms with Gasteiger partial charge in [0.1, 0.15) is 5.54 Å². The van der Waals surface area contributed by atoms with Crippen molar-refractivity contribution in [2.24, 2.45) is 0 Å². The molecule has 0 saturated heterocycles. The zero-order valence-electron chi connectivity index (χ0n) is 7.95. The normalized spacial score (nSPS) is 24.6. The van der Waals surface area contributed by atoms with Crippen molar-refractivity contribution in [3.8, 4) is 6.07 Å². The lowest BCUT2D eigenvalue weighted by Gasteiger charge is -2.23. The van der Waals surface area contributed by atoms with Crippen molar-refractivity contribution in [3.63, 3.8) is 0 Å². The Morgan fingerprint density at radius 2 is 2.31 bits per heavy atom. The van der Waals surface area contributed by atoms with Gasteiger partial charge < -0.3 is 4.90 Å². The third-order valence-corrected chi connectivity index (χ3v) is 2.84. The summed E-state index contributed by atoms with van der Waals surface area (Å²) in [4.78, 5) is 2.19. The molecule has 0 amide bonds. The number of nitriles is 1. The van der Waals surface area contributed by atoms with Crippen LogP contribution in [0.5, 0.6) is 0 Å². The van der Waals surface area contributed by atoms with E-state index < -0.39 is 0 Å². The Morgan fingerprint density at radius 3 is 2.92 bits per heavy atom. The third kappa shape index (κ3) is 1.47. The number of nitrogens with zero attached hydrogens (tertiary/aromatic N) is 2. The average Bonchev–Trinajstić information content (AvgIpc) is 2.89. The molecular weight excluding hydrogens is 160 g/mol. The highest BCUT2D eigenvalue weighted by atomic mass is 15.2. The van der Waals surface area contributed by atoms with Gasteiger partial charge in [-0.1, -0.05) is 11.6 Å². The first-order valence-corrected chi connectivity index (χ1v) is 4.80. The van der Waals surface area contributed by atoms with Crippen molar-refractivity contribution in [1.29, 1.82) is 5.26 Å². The maximum Gasteiger partial charge on any atom is 0.127 e. The Kier molecular flexibility index (Phi) is 1.88. The molecule has 13 heavy (non-hydrogen) atoms. The fourth-order valence-electron chi connectivity index (χ4n) is 1.72. The van der Waals surface area contributed by atoms with Crippen LogP contribution in [0.3, 0.4) is 0 Å². The molecule has 2 nitrogen and oxygen atoms in total. The first-order chi connectivity index (χ1) is 6.27. The molecule has 2 rings (SSSR count). The van der Waals surface area contributed by atoms with E-state index in [-0.39, 0.29) is 5.54 Å². The van der Waals surface area contributed by atoms with Crippen LogP contribution in [-0.2, 0) is 0 Å².